The van der Waals surface area contributed by atoms with Gasteiger partial charge in [-0.15, -0.1) is 0 Å². The summed E-state index contributed by atoms with van der Waals surface area (Å²) in [6.45, 7) is 10.2. The number of carbonyl (C=O) groups excluding carboxylic acids is 2. The molecule has 3 aromatic rings. The number of pyridine rings is 1. The Hall–Kier alpha value is -3.22. The minimum atomic E-state index is -0.552. The third-order valence-corrected chi connectivity index (χ3v) is 5.20. The summed E-state index contributed by atoms with van der Waals surface area (Å²) in [5.74, 6) is -0.586. The highest BCUT2D eigenvalue weighted by Crippen LogP contribution is 2.25. The molecule has 0 aliphatic carbocycles. The molecule has 164 valence electrons. The van der Waals surface area contributed by atoms with Crippen molar-refractivity contribution in [3.05, 3.63) is 59.4 Å². The molecule has 0 aliphatic rings. The molecule has 2 heterocycles. The van der Waals surface area contributed by atoms with Crippen molar-refractivity contribution in [3.8, 4) is 0 Å². The fourth-order valence-electron chi connectivity index (χ4n) is 3.31. The second-order valence-electron chi connectivity index (χ2n) is 8.36. The van der Waals surface area contributed by atoms with Gasteiger partial charge in [0.15, 0.2) is 12.3 Å². The summed E-state index contributed by atoms with van der Waals surface area (Å²) < 4.78 is 7.11. The molecule has 1 atom stereocenters. The van der Waals surface area contributed by atoms with Crippen LogP contribution in [0.3, 0.4) is 0 Å². The molecule has 2 aromatic heterocycles. The molecule has 0 fully saturated rings. The first-order chi connectivity index (χ1) is 14.8. The zero-order valence-electron chi connectivity index (χ0n) is 18.8. The van der Waals surface area contributed by atoms with Crippen LogP contribution in [0.25, 0.3) is 11.0 Å². The second-order valence-corrected chi connectivity index (χ2v) is 8.36. The van der Waals surface area contributed by atoms with Crippen LogP contribution in [0.5, 0.6) is 0 Å². The smallest absolute Gasteiger partial charge is 0.339 e. The standard InChI is InChI=1S/C24H30N4O3/c1-15(2)21-11-19(20-13-26-28(16(3)4)23(20)27-21)24(30)31-14-22(29)25-12-17(5)18-9-7-6-8-10-18/h6-11,13,15-17H,12,14H2,1-5H3,(H,25,29)/t17-/m1/s1. The van der Waals surface area contributed by atoms with Crippen molar-refractivity contribution in [2.24, 2.45) is 0 Å². The Morgan fingerprint density at radius 2 is 1.81 bits per heavy atom. The number of rotatable bonds is 8. The number of esters is 1. The molecular weight excluding hydrogens is 392 g/mol. The number of nitrogens with zero attached hydrogens (tertiary/aromatic N) is 3. The molecule has 3 rings (SSSR count). The van der Waals surface area contributed by atoms with Gasteiger partial charge in [0, 0.05) is 18.3 Å². The summed E-state index contributed by atoms with van der Waals surface area (Å²) in [6.07, 6.45) is 1.63. The van der Waals surface area contributed by atoms with E-state index in [1.54, 1.807) is 16.9 Å². The van der Waals surface area contributed by atoms with Gasteiger partial charge in [-0.05, 0) is 37.3 Å². The molecule has 1 aromatic carbocycles. The fourth-order valence-corrected chi connectivity index (χ4v) is 3.31. The minimum absolute atomic E-state index is 0.105. The largest absolute Gasteiger partial charge is 0.452 e. The Morgan fingerprint density at radius 3 is 2.45 bits per heavy atom. The van der Waals surface area contributed by atoms with E-state index < -0.39 is 5.97 Å². The number of hydrogen-bond acceptors (Lipinski definition) is 5. The molecule has 0 saturated heterocycles. The van der Waals surface area contributed by atoms with E-state index in [4.69, 9.17) is 4.74 Å². The third-order valence-electron chi connectivity index (χ3n) is 5.20. The number of carbonyl (C=O) groups is 2. The summed E-state index contributed by atoms with van der Waals surface area (Å²) >= 11 is 0. The van der Waals surface area contributed by atoms with Gasteiger partial charge in [-0.1, -0.05) is 51.1 Å². The van der Waals surface area contributed by atoms with E-state index in [1.807, 2.05) is 65.0 Å². The number of aromatic nitrogens is 3. The van der Waals surface area contributed by atoms with E-state index >= 15 is 0 Å². The quantitative estimate of drug-likeness (QED) is 0.550. The van der Waals surface area contributed by atoms with Gasteiger partial charge in [0.05, 0.1) is 17.1 Å². The zero-order chi connectivity index (χ0) is 22.5. The number of fused-ring (bicyclic) bond motifs is 1. The van der Waals surface area contributed by atoms with Gasteiger partial charge in [0.2, 0.25) is 0 Å². The van der Waals surface area contributed by atoms with Crippen LogP contribution in [0.4, 0.5) is 0 Å². The molecule has 7 heteroatoms. The van der Waals surface area contributed by atoms with Crippen LogP contribution in [-0.4, -0.2) is 39.8 Å². The maximum absolute atomic E-state index is 12.8. The van der Waals surface area contributed by atoms with Gasteiger partial charge >= 0.3 is 5.97 Å². The molecule has 7 nitrogen and oxygen atoms in total. The van der Waals surface area contributed by atoms with Crippen LogP contribution in [0, 0.1) is 0 Å². The lowest BCUT2D eigenvalue weighted by atomic mass is 10.0. The average molecular weight is 423 g/mol. The number of nitrogens with one attached hydrogen (secondary N) is 1. The van der Waals surface area contributed by atoms with E-state index in [0.29, 0.717) is 23.1 Å². The van der Waals surface area contributed by atoms with Gasteiger partial charge in [0.1, 0.15) is 0 Å². The molecule has 0 unspecified atom stereocenters. The van der Waals surface area contributed by atoms with Gasteiger partial charge in [-0.2, -0.15) is 5.10 Å². The van der Waals surface area contributed by atoms with E-state index in [0.717, 1.165) is 11.3 Å². The van der Waals surface area contributed by atoms with Crippen molar-refractivity contribution in [3.63, 3.8) is 0 Å². The second kappa shape index (κ2) is 9.73. The maximum atomic E-state index is 12.8. The zero-order valence-corrected chi connectivity index (χ0v) is 18.8. The van der Waals surface area contributed by atoms with Crippen molar-refractivity contribution in [1.29, 1.82) is 0 Å². The average Bonchev–Trinajstić information content (AvgIpc) is 3.20. The van der Waals surface area contributed by atoms with Crippen LogP contribution in [0.2, 0.25) is 0 Å². The Morgan fingerprint density at radius 1 is 1.10 bits per heavy atom. The molecule has 1 N–H and O–H groups in total. The van der Waals surface area contributed by atoms with Crippen LogP contribution >= 0.6 is 0 Å². The SMILES string of the molecule is CC(C)c1cc(C(=O)OCC(=O)NC[C@@H](C)c2ccccc2)c2cnn(C(C)C)c2n1. The molecular formula is C24H30N4O3. The van der Waals surface area contributed by atoms with Crippen molar-refractivity contribution < 1.29 is 14.3 Å². The molecule has 31 heavy (non-hydrogen) atoms. The Labute approximate surface area is 182 Å². The van der Waals surface area contributed by atoms with Gasteiger partial charge in [-0.25, -0.2) is 14.5 Å². The molecule has 0 saturated carbocycles. The lowest BCUT2D eigenvalue weighted by molar-refractivity contribution is -0.124. The summed E-state index contributed by atoms with van der Waals surface area (Å²) in [4.78, 5) is 29.7. The Bertz CT molecular complexity index is 1060. The maximum Gasteiger partial charge on any atom is 0.339 e. The van der Waals surface area contributed by atoms with Crippen LogP contribution < -0.4 is 5.32 Å². The highest BCUT2D eigenvalue weighted by molar-refractivity contribution is 6.03. The predicted octanol–water partition coefficient (Wildman–Crippen LogP) is 4.21. The van der Waals surface area contributed by atoms with Crippen LogP contribution in [0.15, 0.2) is 42.6 Å². The summed E-state index contributed by atoms with van der Waals surface area (Å²) in [6, 6.07) is 11.8. The van der Waals surface area contributed by atoms with E-state index in [9.17, 15) is 9.59 Å². The highest BCUT2D eigenvalue weighted by Gasteiger charge is 2.20. The first-order valence-corrected chi connectivity index (χ1v) is 10.6. The number of hydrogen-bond donors (Lipinski definition) is 1. The normalized spacial score (nSPS) is 12.4. The lowest BCUT2D eigenvalue weighted by Gasteiger charge is -2.14. The third kappa shape index (κ3) is 5.29. The Kier molecular flexibility index (Phi) is 7.05. The molecule has 1 amide bonds. The first kappa shape index (κ1) is 22.5. The van der Waals surface area contributed by atoms with Gasteiger partial charge < -0.3 is 10.1 Å². The van der Waals surface area contributed by atoms with Crippen LogP contribution in [0.1, 0.15) is 74.1 Å². The number of ether oxygens (including phenoxy) is 1. The van der Waals surface area contributed by atoms with E-state index in [1.165, 1.54) is 0 Å². The van der Waals surface area contributed by atoms with Crippen LogP contribution in [-0.2, 0) is 9.53 Å². The van der Waals surface area contributed by atoms with Crippen molar-refractivity contribution >= 4 is 22.9 Å². The summed E-state index contributed by atoms with van der Waals surface area (Å²) in [5.41, 5.74) is 2.95. The first-order valence-electron chi connectivity index (χ1n) is 10.6. The van der Waals surface area contributed by atoms with Gasteiger partial charge in [-0.3, -0.25) is 4.79 Å². The topological polar surface area (TPSA) is 86.1 Å². The highest BCUT2D eigenvalue weighted by atomic mass is 16.5. The molecule has 0 radical (unpaired) electrons. The van der Waals surface area contributed by atoms with Crippen molar-refractivity contribution in [2.45, 2.75) is 52.5 Å². The van der Waals surface area contributed by atoms with Gasteiger partial charge in [0.25, 0.3) is 5.91 Å². The monoisotopic (exact) mass is 422 g/mol. The Balaban J connectivity index is 1.68. The fraction of sp³-hybridized carbons (Fsp3) is 0.417. The summed E-state index contributed by atoms with van der Waals surface area (Å²) in [5, 5.41) is 7.83. The predicted molar refractivity (Wildman–Crippen MR) is 120 cm³/mol. The lowest BCUT2D eigenvalue weighted by Crippen LogP contribution is -2.31. The molecule has 0 bridgehead atoms. The number of benzene rings is 1. The number of amides is 1. The van der Waals surface area contributed by atoms with Crippen molar-refractivity contribution in [1.82, 2.24) is 20.1 Å². The summed E-state index contributed by atoms with van der Waals surface area (Å²) in [7, 11) is 0. The molecule has 0 spiro atoms. The van der Waals surface area contributed by atoms with E-state index in [-0.39, 0.29) is 30.4 Å². The molecule has 0 aliphatic heterocycles. The van der Waals surface area contributed by atoms with Crippen molar-refractivity contribution in [2.75, 3.05) is 13.2 Å². The van der Waals surface area contributed by atoms with E-state index in [2.05, 4.69) is 15.4 Å². The minimum Gasteiger partial charge on any atom is -0.452 e.